The first-order valence-corrected chi connectivity index (χ1v) is 6.91. The van der Waals surface area contributed by atoms with Crippen molar-refractivity contribution in [3.8, 4) is 5.69 Å². The molecule has 2 rings (SSSR count). The molecule has 0 saturated carbocycles. The minimum atomic E-state index is -0.699. The number of hydrogen-bond donors (Lipinski definition) is 2. The van der Waals surface area contributed by atoms with Gasteiger partial charge >= 0.3 is 0 Å². The molecule has 2 aromatic rings. The second kappa shape index (κ2) is 5.33. The van der Waals surface area contributed by atoms with E-state index in [9.17, 15) is 4.79 Å². The Hall–Kier alpha value is -2.14. The van der Waals surface area contributed by atoms with Crippen LogP contribution in [0.2, 0.25) is 0 Å². The maximum absolute atomic E-state index is 12.6. The topological polar surface area (TPSA) is 72.9 Å². The van der Waals surface area contributed by atoms with Gasteiger partial charge in [0.1, 0.15) is 0 Å². The Balaban J connectivity index is 2.31. The smallest absolute Gasteiger partial charge is 0.231 e. The number of anilines is 1. The van der Waals surface area contributed by atoms with Crippen LogP contribution < -0.4 is 11.1 Å². The number of hydrogen-bond acceptors (Lipinski definition) is 3. The summed E-state index contributed by atoms with van der Waals surface area (Å²) < 4.78 is 1.86. The minimum Gasteiger partial charge on any atom is -0.325 e. The predicted molar refractivity (Wildman–Crippen MR) is 84.2 cm³/mol. The summed E-state index contributed by atoms with van der Waals surface area (Å²) in [5, 5.41) is 2.98. The van der Waals surface area contributed by atoms with E-state index in [-0.39, 0.29) is 5.91 Å². The number of carbonyl (C=O) groups is 1. The molecule has 21 heavy (non-hydrogen) atoms. The van der Waals surface area contributed by atoms with Crippen LogP contribution in [-0.4, -0.2) is 21.0 Å². The monoisotopic (exact) mass is 286 g/mol. The zero-order chi connectivity index (χ0) is 15.7. The molecule has 0 atom stereocenters. The van der Waals surface area contributed by atoms with E-state index in [0.717, 1.165) is 11.4 Å². The Bertz CT molecular complexity index is 624. The van der Waals surface area contributed by atoms with Gasteiger partial charge in [-0.15, -0.1) is 0 Å². The lowest BCUT2D eigenvalue weighted by Gasteiger charge is -2.37. The molecule has 3 N–H and O–H groups in total. The minimum absolute atomic E-state index is 0.109. The fourth-order valence-corrected chi connectivity index (χ4v) is 1.78. The van der Waals surface area contributed by atoms with Crippen molar-refractivity contribution >= 4 is 11.6 Å². The Labute approximate surface area is 125 Å². The van der Waals surface area contributed by atoms with E-state index in [1.807, 2.05) is 62.7 Å². The van der Waals surface area contributed by atoms with Crippen molar-refractivity contribution in [2.45, 2.75) is 33.2 Å². The number of carbonyl (C=O) groups excluding carboxylic acids is 1. The maximum Gasteiger partial charge on any atom is 0.231 e. The van der Waals surface area contributed by atoms with E-state index in [4.69, 9.17) is 5.73 Å². The molecule has 1 heterocycles. The van der Waals surface area contributed by atoms with Gasteiger partial charge in [-0.1, -0.05) is 12.1 Å². The van der Waals surface area contributed by atoms with Crippen LogP contribution in [0, 0.1) is 5.41 Å². The zero-order valence-corrected chi connectivity index (χ0v) is 12.9. The fourth-order valence-electron chi connectivity index (χ4n) is 1.78. The van der Waals surface area contributed by atoms with Gasteiger partial charge in [0.25, 0.3) is 0 Å². The number of benzene rings is 1. The number of nitrogens with zero attached hydrogens (tertiary/aromatic N) is 2. The average Bonchev–Trinajstić information content (AvgIpc) is 2.91. The third-order valence-corrected chi connectivity index (χ3v) is 4.11. The second-order valence-electron chi connectivity index (χ2n) is 6.29. The zero-order valence-electron chi connectivity index (χ0n) is 12.9. The molecular formula is C16H22N4O. The summed E-state index contributed by atoms with van der Waals surface area (Å²) in [7, 11) is 0. The van der Waals surface area contributed by atoms with Crippen LogP contribution in [-0.2, 0) is 4.79 Å². The van der Waals surface area contributed by atoms with E-state index >= 15 is 0 Å². The maximum atomic E-state index is 12.6. The highest BCUT2D eigenvalue weighted by atomic mass is 16.2. The molecule has 5 nitrogen and oxygen atoms in total. The lowest BCUT2D eigenvalue weighted by Crippen LogP contribution is -2.53. The van der Waals surface area contributed by atoms with Gasteiger partial charge in [0, 0.05) is 17.9 Å². The van der Waals surface area contributed by atoms with Crippen LogP contribution in [0.3, 0.4) is 0 Å². The molecule has 0 aliphatic carbocycles. The van der Waals surface area contributed by atoms with Crippen LogP contribution in [0.25, 0.3) is 5.69 Å². The molecular weight excluding hydrogens is 264 g/mol. The van der Waals surface area contributed by atoms with Gasteiger partial charge in [-0.2, -0.15) is 0 Å². The van der Waals surface area contributed by atoms with Crippen molar-refractivity contribution in [3.63, 3.8) is 0 Å². The number of rotatable bonds is 4. The molecule has 0 aliphatic rings. The lowest BCUT2D eigenvalue weighted by molar-refractivity contribution is -0.126. The highest BCUT2D eigenvalue weighted by Gasteiger charge is 2.40. The molecule has 1 amide bonds. The number of nitrogens with one attached hydrogen (secondary N) is 1. The van der Waals surface area contributed by atoms with Crippen LogP contribution in [0.5, 0.6) is 0 Å². The molecule has 0 radical (unpaired) electrons. The lowest BCUT2D eigenvalue weighted by atomic mass is 9.74. The summed E-state index contributed by atoms with van der Waals surface area (Å²) in [4.78, 5) is 16.6. The molecule has 0 bridgehead atoms. The first-order chi connectivity index (χ1) is 9.73. The Kier molecular flexibility index (Phi) is 3.87. The standard InChI is InChI=1S/C16H22N4O/c1-15(2,16(3,4)17)14(21)19-12-7-5-6-8-13(12)20-10-9-18-11-20/h5-11H,17H2,1-4H3,(H,19,21). The average molecular weight is 286 g/mol. The van der Waals surface area contributed by atoms with Crippen molar-refractivity contribution in [1.29, 1.82) is 0 Å². The summed E-state index contributed by atoms with van der Waals surface area (Å²) in [5.74, 6) is -0.109. The Morgan fingerprint density at radius 3 is 2.48 bits per heavy atom. The molecule has 0 aliphatic heterocycles. The summed E-state index contributed by atoms with van der Waals surface area (Å²) in [5.41, 5.74) is 6.40. The van der Waals surface area contributed by atoms with Crippen molar-refractivity contribution in [1.82, 2.24) is 9.55 Å². The van der Waals surface area contributed by atoms with Gasteiger partial charge in [0.05, 0.1) is 23.1 Å². The SMILES string of the molecule is CC(C)(N)C(C)(C)C(=O)Nc1ccccc1-n1ccnc1. The van der Waals surface area contributed by atoms with Gasteiger partial charge in [0.15, 0.2) is 0 Å². The van der Waals surface area contributed by atoms with Gasteiger partial charge < -0.3 is 15.6 Å². The Morgan fingerprint density at radius 2 is 1.90 bits per heavy atom. The van der Waals surface area contributed by atoms with Gasteiger partial charge in [-0.05, 0) is 39.8 Å². The van der Waals surface area contributed by atoms with Crippen LogP contribution >= 0.6 is 0 Å². The van der Waals surface area contributed by atoms with E-state index in [1.165, 1.54) is 0 Å². The molecule has 5 heteroatoms. The van der Waals surface area contributed by atoms with Crippen molar-refractivity contribution in [2.75, 3.05) is 5.32 Å². The number of nitrogens with two attached hydrogens (primary N) is 1. The molecule has 0 spiro atoms. The van der Waals surface area contributed by atoms with Crippen LogP contribution in [0.15, 0.2) is 43.0 Å². The van der Waals surface area contributed by atoms with Crippen molar-refractivity contribution < 1.29 is 4.79 Å². The molecule has 0 fully saturated rings. The first-order valence-electron chi connectivity index (χ1n) is 6.91. The third-order valence-electron chi connectivity index (χ3n) is 4.11. The number of imidazole rings is 1. The normalized spacial score (nSPS) is 12.2. The van der Waals surface area contributed by atoms with Crippen molar-refractivity contribution in [3.05, 3.63) is 43.0 Å². The second-order valence-corrected chi connectivity index (χ2v) is 6.29. The van der Waals surface area contributed by atoms with E-state index in [0.29, 0.717) is 0 Å². The van der Waals surface area contributed by atoms with E-state index in [2.05, 4.69) is 10.3 Å². The molecule has 0 unspecified atom stereocenters. The molecule has 1 aromatic carbocycles. The van der Waals surface area contributed by atoms with Gasteiger partial charge in [0.2, 0.25) is 5.91 Å². The third kappa shape index (κ3) is 2.97. The fraction of sp³-hybridized carbons (Fsp3) is 0.375. The van der Waals surface area contributed by atoms with Crippen LogP contribution in [0.1, 0.15) is 27.7 Å². The highest BCUT2D eigenvalue weighted by molar-refractivity contribution is 5.97. The number of aromatic nitrogens is 2. The number of amides is 1. The summed E-state index contributed by atoms with van der Waals surface area (Å²) in [6.07, 6.45) is 5.23. The predicted octanol–water partition coefficient (Wildman–Crippen LogP) is 2.57. The summed E-state index contributed by atoms with van der Waals surface area (Å²) in [6.45, 7) is 7.41. The van der Waals surface area contributed by atoms with Gasteiger partial charge in [-0.25, -0.2) is 4.98 Å². The van der Waals surface area contributed by atoms with E-state index < -0.39 is 11.0 Å². The van der Waals surface area contributed by atoms with E-state index in [1.54, 1.807) is 12.5 Å². The molecule has 112 valence electrons. The Morgan fingerprint density at radius 1 is 1.24 bits per heavy atom. The summed E-state index contributed by atoms with van der Waals surface area (Å²) >= 11 is 0. The van der Waals surface area contributed by atoms with Crippen molar-refractivity contribution in [2.24, 2.45) is 11.1 Å². The largest absolute Gasteiger partial charge is 0.325 e. The first kappa shape index (κ1) is 15.3. The highest BCUT2D eigenvalue weighted by Crippen LogP contribution is 2.31. The molecule has 0 saturated heterocycles. The molecule has 1 aromatic heterocycles. The van der Waals surface area contributed by atoms with Crippen LogP contribution in [0.4, 0.5) is 5.69 Å². The van der Waals surface area contributed by atoms with Gasteiger partial charge in [-0.3, -0.25) is 4.79 Å². The summed E-state index contributed by atoms with van der Waals surface area (Å²) in [6, 6.07) is 7.60. The quantitative estimate of drug-likeness (QED) is 0.907. The number of para-hydroxylation sites is 2.